The third-order valence-corrected chi connectivity index (χ3v) is 5.45. The molecule has 0 spiro atoms. The van der Waals surface area contributed by atoms with Crippen LogP contribution in [0.1, 0.15) is 30.9 Å². The average molecular weight is 335 g/mol. The normalized spacial score (nSPS) is 16.5. The van der Waals surface area contributed by atoms with Crippen molar-refractivity contribution in [3.05, 3.63) is 69.7 Å². The fourth-order valence-electron chi connectivity index (χ4n) is 3.02. The summed E-state index contributed by atoms with van der Waals surface area (Å²) in [5.41, 5.74) is 1.49. The zero-order chi connectivity index (χ0) is 15.8. The third-order valence-electron chi connectivity index (χ3n) is 4.94. The van der Waals surface area contributed by atoms with E-state index in [0.717, 1.165) is 34.0 Å². The van der Waals surface area contributed by atoms with Crippen LogP contribution in [0.3, 0.4) is 0 Å². The van der Waals surface area contributed by atoms with E-state index in [0.29, 0.717) is 12.8 Å². The Hall–Kier alpha value is -1.02. The van der Waals surface area contributed by atoms with E-state index < -0.39 is 5.60 Å². The van der Waals surface area contributed by atoms with Crippen molar-refractivity contribution in [2.45, 2.75) is 38.2 Å². The fourth-order valence-corrected chi connectivity index (χ4v) is 3.27. The van der Waals surface area contributed by atoms with Crippen molar-refractivity contribution < 1.29 is 5.11 Å². The highest BCUT2D eigenvalue weighted by Gasteiger charge is 2.54. The van der Waals surface area contributed by atoms with E-state index in [4.69, 9.17) is 23.2 Å². The number of halogens is 2. The monoisotopic (exact) mass is 334 g/mol. The molecule has 0 amide bonds. The molecule has 0 radical (unpaired) electrons. The third kappa shape index (κ3) is 3.32. The van der Waals surface area contributed by atoms with E-state index >= 15 is 0 Å². The van der Waals surface area contributed by atoms with Gasteiger partial charge in [-0.3, -0.25) is 0 Å². The summed E-state index contributed by atoms with van der Waals surface area (Å²) in [4.78, 5) is 0. The molecule has 2 aromatic carbocycles. The minimum absolute atomic E-state index is 0.00767. The zero-order valence-electron chi connectivity index (χ0n) is 12.7. The molecule has 0 aromatic heterocycles. The van der Waals surface area contributed by atoms with E-state index in [1.165, 1.54) is 0 Å². The van der Waals surface area contributed by atoms with Gasteiger partial charge in [0, 0.05) is 22.9 Å². The highest BCUT2D eigenvalue weighted by atomic mass is 35.5. The number of benzene rings is 2. The number of rotatable bonds is 5. The summed E-state index contributed by atoms with van der Waals surface area (Å²) in [6.07, 6.45) is 3.43. The first kappa shape index (κ1) is 15.9. The molecule has 3 heteroatoms. The van der Waals surface area contributed by atoms with Crippen LogP contribution >= 0.6 is 23.2 Å². The molecule has 1 aliphatic rings. The van der Waals surface area contributed by atoms with Crippen LogP contribution in [0.4, 0.5) is 0 Å². The summed E-state index contributed by atoms with van der Waals surface area (Å²) in [6.45, 7) is 2.18. The molecule has 0 atom stereocenters. The molecule has 116 valence electrons. The number of hydrogen-bond donors (Lipinski definition) is 1. The molecular formula is C19H20Cl2O. The minimum atomic E-state index is -0.741. The van der Waals surface area contributed by atoms with Crippen molar-refractivity contribution in [3.63, 3.8) is 0 Å². The predicted octanol–water partition coefficient (Wildman–Crippen LogP) is 5.31. The Morgan fingerprint density at radius 3 is 1.55 bits per heavy atom. The van der Waals surface area contributed by atoms with Gasteiger partial charge in [0.2, 0.25) is 0 Å². The quantitative estimate of drug-likeness (QED) is 0.785. The smallest absolute Gasteiger partial charge is 0.0781 e. The second-order valence-corrected chi connectivity index (χ2v) is 7.57. The maximum absolute atomic E-state index is 11.4. The van der Waals surface area contributed by atoms with Gasteiger partial charge < -0.3 is 5.11 Å². The van der Waals surface area contributed by atoms with Crippen LogP contribution in [0.25, 0.3) is 0 Å². The predicted molar refractivity (Wildman–Crippen MR) is 92.6 cm³/mol. The van der Waals surface area contributed by atoms with Crippen molar-refractivity contribution in [2.24, 2.45) is 5.41 Å². The van der Waals surface area contributed by atoms with Crippen molar-refractivity contribution in [1.29, 1.82) is 0 Å². The van der Waals surface area contributed by atoms with Crippen LogP contribution < -0.4 is 0 Å². The van der Waals surface area contributed by atoms with Gasteiger partial charge in [-0.05, 0) is 53.6 Å². The van der Waals surface area contributed by atoms with Gasteiger partial charge in [-0.15, -0.1) is 0 Å². The van der Waals surface area contributed by atoms with Gasteiger partial charge in [-0.1, -0.05) is 54.4 Å². The topological polar surface area (TPSA) is 20.2 Å². The molecule has 1 aliphatic carbocycles. The van der Waals surface area contributed by atoms with Gasteiger partial charge in [0.25, 0.3) is 0 Å². The number of aliphatic hydroxyl groups is 1. The van der Waals surface area contributed by atoms with Crippen molar-refractivity contribution >= 4 is 23.2 Å². The molecular weight excluding hydrogens is 315 g/mol. The summed E-state index contributed by atoms with van der Waals surface area (Å²) in [6, 6.07) is 15.5. The molecule has 1 nitrogen and oxygen atoms in total. The standard InChI is InChI=1S/C19H20Cl2O/c1-18(10-11-18)19(22,12-14-2-6-16(20)7-3-14)13-15-4-8-17(21)9-5-15/h2-9,22H,10-13H2,1H3. The van der Waals surface area contributed by atoms with Crippen LogP contribution in [-0.2, 0) is 12.8 Å². The lowest BCUT2D eigenvalue weighted by Crippen LogP contribution is -2.42. The van der Waals surface area contributed by atoms with Gasteiger partial charge in [0.1, 0.15) is 0 Å². The van der Waals surface area contributed by atoms with Crippen LogP contribution in [0, 0.1) is 5.41 Å². The van der Waals surface area contributed by atoms with E-state index in [2.05, 4.69) is 6.92 Å². The minimum Gasteiger partial charge on any atom is -0.389 e. The van der Waals surface area contributed by atoms with Gasteiger partial charge in [-0.2, -0.15) is 0 Å². The van der Waals surface area contributed by atoms with Gasteiger partial charge >= 0.3 is 0 Å². The Morgan fingerprint density at radius 2 is 1.23 bits per heavy atom. The van der Waals surface area contributed by atoms with Crippen LogP contribution in [0.5, 0.6) is 0 Å². The van der Waals surface area contributed by atoms with E-state index in [1.54, 1.807) is 0 Å². The lowest BCUT2D eigenvalue weighted by atomic mass is 9.76. The summed E-state index contributed by atoms with van der Waals surface area (Å²) < 4.78 is 0. The molecule has 1 N–H and O–H groups in total. The van der Waals surface area contributed by atoms with Crippen LogP contribution in [-0.4, -0.2) is 10.7 Å². The zero-order valence-corrected chi connectivity index (χ0v) is 14.2. The molecule has 0 heterocycles. The Kier molecular flexibility index (Phi) is 4.24. The molecule has 0 unspecified atom stereocenters. The Labute approximate surface area is 141 Å². The molecule has 3 rings (SSSR count). The second-order valence-electron chi connectivity index (χ2n) is 6.70. The maximum Gasteiger partial charge on any atom is 0.0781 e. The molecule has 1 fully saturated rings. The molecule has 0 bridgehead atoms. The maximum atomic E-state index is 11.4. The highest BCUT2D eigenvalue weighted by molar-refractivity contribution is 6.30. The first-order valence-corrected chi connectivity index (χ1v) is 8.37. The van der Waals surface area contributed by atoms with Crippen LogP contribution in [0.2, 0.25) is 10.0 Å². The molecule has 2 aromatic rings. The number of hydrogen-bond acceptors (Lipinski definition) is 1. The van der Waals surface area contributed by atoms with Crippen molar-refractivity contribution in [1.82, 2.24) is 0 Å². The Morgan fingerprint density at radius 1 is 0.864 bits per heavy atom. The van der Waals surface area contributed by atoms with Crippen molar-refractivity contribution in [2.75, 3.05) is 0 Å². The largest absolute Gasteiger partial charge is 0.389 e. The lowest BCUT2D eigenvalue weighted by molar-refractivity contribution is -0.0248. The Bertz CT molecular complexity index is 595. The van der Waals surface area contributed by atoms with Crippen molar-refractivity contribution in [3.8, 4) is 0 Å². The summed E-state index contributed by atoms with van der Waals surface area (Å²) in [7, 11) is 0. The van der Waals surface area contributed by atoms with Gasteiger partial charge in [0.15, 0.2) is 0 Å². The molecule has 0 saturated heterocycles. The van der Waals surface area contributed by atoms with E-state index in [9.17, 15) is 5.11 Å². The molecule has 22 heavy (non-hydrogen) atoms. The first-order valence-electron chi connectivity index (χ1n) is 7.62. The van der Waals surface area contributed by atoms with Crippen LogP contribution in [0.15, 0.2) is 48.5 Å². The summed E-state index contributed by atoms with van der Waals surface area (Å²) in [5.74, 6) is 0. The highest BCUT2D eigenvalue weighted by Crippen LogP contribution is 2.55. The lowest BCUT2D eigenvalue weighted by Gasteiger charge is -2.35. The average Bonchev–Trinajstić information content (AvgIpc) is 3.24. The summed E-state index contributed by atoms with van der Waals surface area (Å²) in [5, 5.41) is 12.8. The summed E-state index contributed by atoms with van der Waals surface area (Å²) >= 11 is 11.9. The molecule has 1 saturated carbocycles. The van der Waals surface area contributed by atoms with Gasteiger partial charge in [0.05, 0.1) is 5.60 Å². The van der Waals surface area contributed by atoms with E-state index in [1.807, 2.05) is 48.5 Å². The molecule has 0 aliphatic heterocycles. The van der Waals surface area contributed by atoms with Gasteiger partial charge in [-0.25, -0.2) is 0 Å². The fraction of sp³-hybridized carbons (Fsp3) is 0.368. The first-order chi connectivity index (χ1) is 10.4. The second kappa shape index (κ2) is 5.88. The van der Waals surface area contributed by atoms with E-state index in [-0.39, 0.29) is 5.41 Å². The SMILES string of the molecule is CC1(C(O)(Cc2ccc(Cl)cc2)Cc2ccc(Cl)cc2)CC1. The Balaban J connectivity index is 1.85.